The zero-order chi connectivity index (χ0) is 20.4. The molecule has 0 aliphatic carbocycles. The molecule has 150 valence electrons. The van der Waals surface area contributed by atoms with E-state index in [0.717, 1.165) is 12.8 Å². The molecule has 3 rings (SSSR count). The molecule has 28 heavy (non-hydrogen) atoms. The van der Waals surface area contributed by atoms with Crippen LogP contribution in [0.5, 0.6) is 5.75 Å². The Morgan fingerprint density at radius 2 is 1.96 bits per heavy atom. The second-order valence-corrected chi connectivity index (χ2v) is 7.21. The Morgan fingerprint density at radius 1 is 1.21 bits per heavy atom. The highest BCUT2D eigenvalue weighted by Crippen LogP contribution is 2.24. The van der Waals surface area contributed by atoms with Gasteiger partial charge in [-0.1, -0.05) is 37.1 Å². The Kier molecular flexibility index (Phi) is 5.93. The summed E-state index contributed by atoms with van der Waals surface area (Å²) in [6.07, 6.45) is 3.33. The van der Waals surface area contributed by atoms with Crippen molar-refractivity contribution in [3.63, 3.8) is 0 Å². The maximum atomic E-state index is 14.3. The molecular weight excluding hydrogens is 385 g/mol. The van der Waals surface area contributed by atoms with E-state index in [4.69, 9.17) is 11.6 Å². The number of carbonyl (C=O) groups excluding carboxylic acids is 1. The summed E-state index contributed by atoms with van der Waals surface area (Å²) in [5.74, 6) is -1.60. The Bertz CT molecular complexity index is 960. The van der Waals surface area contributed by atoms with Gasteiger partial charge in [-0.3, -0.25) is 19.3 Å². The maximum Gasteiger partial charge on any atom is 0.277 e. The van der Waals surface area contributed by atoms with Crippen LogP contribution < -0.4 is 10.4 Å². The van der Waals surface area contributed by atoms with Crippen LogP contribution in [0.25, 0.3) is 0 Å². The maximum absolute atomic E-state index is 14.3. The molecule has 2 heterocycles. The molecule has 1 N–H and O–H groups in total. The summed E-state index contributed by atoms with van der Waals surface area (Å²) in [4.78, 5) is 27.0. The van der Waals surface area contributed by atoms with Crippen LogP contribution in [0.15, 0.2) is 29.2 Å². The summed E-state index contributed by atoms with van der Waals surface area (Å²) in [7, 11) is 0. The average Bonchev–Trinajstić information content (AvgIpc) is 2.68. The lowest BCUT2D eigenvalue weighted by molar-refractivity contribution is 0.0697. The number of fused-ring (bicyclic) bond motifs is 1. The molecule has 1 aliphatic heterocycles. The Labute approximate surface area is 167 Å². The molecule has 2 aromatic rings. The second-order valence-electron chi connectivity index (χ2n) is 6.80. The number of aromatic hydroxyl groups is 1. The van der Waals surface area contributed by atoms with Crippen molar-refractivity contribution in [1.29, 1.82) is 0 Å². The van der Waals surface area contributed by atoms with Crippen LogP contribution in [0, 0.1) is 5.82 Å². The first-order valence-corrected chi connectivity index (χ1v) is 9.71. The third-order valence-electron chi connectivity index (χ3n) is 4.93. The first-order valence-electron chi connectivity index (χ1n) is 9.33. The topological polar surface area (TPSA) is 65.8 Å². The van der Waals surface area contributed by atoms with Crippen molar-refractivity contribution in [3.8, 4) is 5.75 Å². The van der Waals surface area contributed by atoms with Gasteiger partial charge in [-0.05, 0) is 25.0 Å². The van der Waals surface area contributed by atoms with Gasteiger partial charge in [0.05, 0.1) is 5.02 Å². The van der Waals surface area contributed by atoms with E-state index < -0.39 is 22.9 Å². The van der Waals surface area contributed by atoms with Crippen molar-refractivity contribution in [2.45, 2.75) is 33.1 Å². The molecule has 6 nitrogen and oxygen atoms in total. The summed E-state index contributed by atoms with van der Waals surface area (Å²) in [5.41, 5.74) is -0.277. The fourth-order valence-corrected chi connectivity index (χ4v) is 3.51. The first kappa shape index (κ1) is 20.2. The van der Waals surface area contributed by atoms with Crippen molar-refractivity contribution < 1.29 is 14.3 Å². The van der Waals surface area contributed by atoms with E-state index in [1.807, 2.05) is 11.9 Å². The smallest absolute Gasteiger partial charge is 0.277 e. The molecule has 0 unspecified atom stereocenters. The lowest BCUT2D eigenvalue weighted by Crippen LogP contribution is -2.54. The summed E-state index contributed by atoms with van der Waals surface area (Å²) in [5, 5.41) is 12.4. The van der Waals surface area contributed by atoms with Gasteiger partial charge in [-0.25, -0.2) is 4.39 Å². The van der Waals surface area contributed by atoms with Crippen LogP contribution >= 0.6 is 11.6 Å². The number of pyridine rings is 1. The molecule has 0 bridgehead atoms. The number of benzene rings is 1. The van der Waals surface area contributed by atoms with Crippen LogP contribution in [0.1, 0.15) is 48.3 Å². The fourth-order valence-electron chi connectivity index (χ4n) is 3.32. The molecule has 0 radical (unpaired) electrons. The molecule has 0 fully saturated rings. The van der Waals surface area contributed by atoms with Crippen LogP contribution in [0.3, 0.4) is 0 Å². The number of carbonyl (C=O) groups is 1. The normalized spacial score (nSPS) is 13.8. The Hall–Kier alpha value is -2.54. The van der Waals surface area contributed by atoms with Crippen molar-refractivity contribution in [1.82, 2.24) is 9.58 Å². The minimum absolute atomic E-state index is 0.0295. The van der Waals surface area contributed by atoms with Gasteiger partial charge < -0.3 is 10.0 Å². The highest BCUT2D eigenvalue weighted by atomic mass is 35.5. The molecule has 0 saturated heterocycles. The standard InChI is InChI=1S/C20H23ClFN3O3/c1-3-5-9-24-12-23(4-2)20(28)17-19(27)18(26)14(11-25(17)24)10-13-7-6-8-15(21)16(13)22/h6-8,11,27H,3-5,9-10,12H2,1-2H3. The van der Waals surface area contributed by atoms with Gasteiger partial charge in [0.15, 0.2) is 11.4 Å². The Morgan fingerprint density at radius 3 is 2.64 bits per heavy atom. The molecular formula is C20H23ClFN3O3. The van der Waals surface area contributed by atoms with Crippen molar-refractivity contribution >= 4 is 17.5 Å². The third-order valence-corrected chi connectivity index (χ3v) is 5.22. The van der Waals surface area contributed by atoms with E-state index in [1.165, 1.54) is 12.3 Å². The van der Waals surface area contributed by atoms with Gasteiger partial charge in [0.1, 0.15) is 12.5 Å². The molecule has 0 spiro atoms. The predicted octanol–water partition coefficient (Wildman–Crippen LogP) is 3.11. The van der Waals surface area contributed by atoms with Gasteiger partial charge in [0.2, 0.25) is 5.43 Å². The number of aromatic nitrogens is 1. The number of hydrogen-bond donors (Lipinski definition) is 1. The van der Waals surface area contributed by atoms with Crippen LogP contribution in [-0.2, 0) is 6.42 Å². The zero-order valence-electron chi connectivity index (χ0n) is 15.9. The van der Waals surface area contributed by atoms with E-state index in [1.54, 1.807) is 21.7 Å². The lowest BCUT2D eigenvalue weighted by atomic mass is 10.0. The summed E-state index contributed by atoms with van der Waals surface area (Å²) in [6.45, 7) is 5.38. The van der Waals surface area contributed by atoms with E-state index in [0.29, 0.717) is 19.8 Å². The third kappa shape index (κ3) is 3.58. The Balaban J connectivity index is 2.10. The highest BCUT2D eigenvalue weighted by Gasteiger charge is 2.32. The monoisotopic (exact) mass is 407 g/mol. The largest absolute Gasteiger partial charge is 0.502 e. The minimum Gasteiger partial charge on any atom is -0.502 e. The second kappa shape index (κ2) is 8.22. The van der Waals surface area contributed by atoms with Gasteiger partial charge >= 0.3 is 0 Å². The lowest BCUT2D eigenvalue weighted by Gasteiger charge is -2.39. The summed E-state index contributed by atoms with van der Waals surface area (Å²) in [6, 6.07) is 4.58. The first-order chi connectivity index (χ1) is 13.4. The number of nitrogens with zero attached hydrogens (tertiary/aromatic N) is 3. The SMILES string of the molecule is CCCCN1CN(CC)C(=O)c2c(O)c(=O)c(Cc3cccc(Cl)c3F)cn21. The molecule has 1 aromatic heterocycles. The molecule has 0 atom stereocenters. The van der Waals surface area contributed by atoms with Crippen LogP contribution in [0.2, 0.25) is 5.02 Å². The van der Waals surface area contributed by atoms with Crippen molar-refractivity contribution in [2.24, 2.45) is 0 Å². The van der Waals surface area contributed by atoms with Gasteiger partial charge in [0.25, 0.3) is 5.91 Å². The van der Waals surface area contributed by atoms with E-state index in [-0.39, 0.29) is 28.3 Å². The molecule has 1 aliphatic rings. The number of unbranched alkanes of at least 4 members (excludes halogenated alkanes) is 1. The predicted molar refractivity (Wildman–Crippen MR) is 106 cm³/mol. The summed E-state index contributed by atoms with van der Waals surface area (Å²) >= 11 is 5.83. The van der Waals surface area contributed by atoms with Crippen molar-refractivity contribution in [3.05, 3.63) is 62.3 Å². The van der Waals surface area contributed by atoms with E-state index in [9.17, 15) is 19.1 Å². The molecule has 1 amide bonds. The van der Waals surface area contributed by atoms with E-state index >= 15 is 0 Å². The highest BCUT2D eigenvalue weighted by molar-refractivity contribution is 6.30. The number of amides is 1. The molecule has 8 heteroatoms. The minimum atomic E-state index is -0.674. The van der Waals surface area contributed by atoms with E-state index in [2.05, 4.69) is 6.92 Å². The average molecular weight is 408 g/mol. The van der Waals surface area contributed by atoms with Gasteiger partial charge in [-0.2, -0.15) is 0 Å². The van der Waals surface area contributed by atoms with Gasteiger partial charge in [-0.15, -0.1) is 0 Å². The number of hydrogen-bond acceptors (Lipinski definition) is 4. The van der Waals surface area contributed by atoms with Gasteiger partial charge in [0, 0.05) is 31.3 Å². The fraction of sp³-hybridized carbons (Fsp3) is 0.400. The summed E-state index contributed by atoms with van der Waals surface area (Å²) < 4.78 is 15.8. The number of rotatable bonds is 6. The quantitative estimate of drug-likeness (QED) is 0.799. The van der Waals surface area contributed by atoms with Crippen molar-refractivity contribution in [2.75, 3.05) is 24.8 Å². The molecule has 1 aromatic carbocycles. The van der Waals surface area contributed by atoms with Crippen LogP contribution in [-0.4, -0.2) is 40.3 Å². The van der Waals surface area contributed by atoms with Crippen LogP contribution in [0.4, 0.5) is 4.39 Å². The molecule has 0 saturated carbocycles. The zero-order valence-corrected chi connectivity index (χ0v) is 16.7. The number of halogens is 2.